The van der Waals surface area contributed by atoms with E-state index in [4.69, 9.17) is 4.74 Å². The van der Waals surface area contributed by atoms with Crippen molar-refractivity contribution in [3.05, 3.63) is 11.1 Å². The van der Waals surface area contributed by atoms with Gasteiger partial charge in [-0.15, -0.1) is 11.8 Å². The third-order valence-corrected chi connectivity index (χ3v) is 5.85. The van der Waals surface area contributed by atoms with Gasteiger partial charge in [0.05, 0.1) is 25.1 Å². The van der Waals surface area contributed by atoms with Gasteiger partial charge < -0.3 is 25.4 Å². The zero-order valence-corrected chi connectivity index (χ0v) is 16.6. The molecule has 9 heteroatoms. The van der Waals surface area contributed by atoms with Crippen LogP contribution >= 0.6 is 11.8 Å². The van der Waals surface area contributed by atoms with Crippen LogP contribution in [0.5, 0.6) is 0 Å². The van der Waals surface area contributed by atoms with Crippen LogP contribution in [0.15, 0.2) is 11.1 Å². The molecular formula is C17H30N4O4S. The molecular weight excluding hydrogens is 356 g/mol. The summed E-state index contributed by atoms with van der Waals surface area (Å²) >= 11 is 1.71. The van der Waals surface area contributed by atoms with E-state index in [1.54, 1.807) is 18.8 Å². The summed E-state index contributed by atoms with van der Waals surface area (Å²) in [5, 5.41) is 17.8. The highest BCUT2D eigenvalue weighted by Crippen LogP contribution is 2.26. The molecule has 26 heavy (non-hydrogen) atoms. The number of nitrogens with one attached hydrogen (secondary N) is 2. The molecule has 3 N–H and O–H groups in total. The van der Waals surface area contributed by atoms with E-state index in [9.17, 15) is 14.7 Å². The lowest BCUT2D eigenvalue weighted by Gasteiger charge is -2.28. The number of amides is 2. The number of nitrogens with zero attached hydrogens (tertiary/aromatic N) is 2. The van der Waals surface area contributed by atoms with Gasteiger partial charge in [0, 0.05) is 32.4 Å². The molecule has 0 aromatic heterocycles. The molecule has 2 unspecified atom stereocenters. The minimum absolute atomic E-state index is 0.321. The fourth-order valence-corrected chi connectivity index (χ4v) is 3.78. The van der Waals surface area contributed by atoms with E-state index in [0.29, 0.717) is 44.0 Å². The summed E-state index contributed by atoms with van der Waals surface area (Å²) < 4.78 is 5.29. The lowest BCUT2D eigenvalue weighted by molar-refractivity contribution is -0.139. The van der Waals surface area contributed by atoms with Crippen LogP contribution in [0.3, 0.4) is 0 Å². The van der Waals surface area contributed by atoms with E-state index in [1.165, 1.54) is 4.90 Å². The van der Waals surface area contributed by atoms with Gasteiger partial charge in [-0.25, -0.2) is 9.59 Å². The maximum Gasteiger partial charge on any atom is 0.326 e. The zero-order chi connectivity index (χ0) is 19.1. The van der Waals surface area contributed by atoms with Crippen molar-refractivity contribution in [3.63, 3.8) is 0 Å². The van der Waals surface area contributed by atoms with E-state index in [2.05, 4.69) is 29.4 Å². The Balaban J connectivity index is 1.77. The van der Waals surface area contributed by atoms with Gasteiger partial charge in [0.1, 0.15) is 6.04 Å². The summed E-state index contributed by atoms with van der Waals surface area (Å²) in [6.07, 6.45) is 0.376. The number of ether oxygens (including phenoxy) is 1. The molecule has 2 amide bonds. The Kier molecular flexibility index (Phi) is 8.05. The van der Waals surface area contributed by atoms with E-state index >= 15 is 0 Å². The van der Waals surface area contributed by atoms with Gasteiger partial charge in [-0.2, -0.15) is 0 Å². The number of urea groups is 1. The van der Waals surface area contributed by atoms with E-state index in [1.807, 2.05) is 5.41 Å². The van der Waals surface area contributed by atoms with Crippen LogP contribution in [-0.2, 0) is 9.53 Å². The summed E-state index contributed by atoms with van der Waals surface area (Å²) in [5.74, 6) is -0.516. The second kappa shape index (κ2) is 10.0. The highest BCUT2D eigenvalue weighted by Gasteiger charge is 2.25. The number of carbonyl (C=O) groups excluding carboxylic acids is 1. The molecule has 0 aromatic carbocycles. The second-order valence-corrected chi connectivity index (χ2v) is 8.04. The smallest absolute Gasteiger partial charge is 0.326 e. The SMILES string of the molecule is CC(C)C1NC(CN(C)C(=O)NC(CCN2CCOCC2)C(=O)O)=CS1. The lowest BCUT2D eigenvalue weighted by Crippen LogP contribution is -2.49. The van der Waals surface area contributed by atoms with Crippen molar-refractivity contribution in [2.75, 3.05) is 46.4 Å². The summed E-state index contributed by atoms with van der Waals surface area (Å²) in [6.45, 7) is 8.28. The van der Waals surface area contributed by atoms with Gasteiger partial charge >= 0.3 is 12.0 Å². The Hall–Kier alpha value is -1.45. The molecule has 0 aliphatic carbocycles. The number of carboxylic acids is 1. The van der Waals surface area contributed by atoms with Crippen LogP contribution in [-0.4, -0.2) is 84.8 Å². The van der Waals surface area contributed by atoms with Crippen LogP contribution in [0.25, 0.3) is 0 Å². The topological polar surface area (TPSA) is 94.1 Å². The molecule has 2 rings (SSSR count). The molecule has 0 aromatic rings. The molecule has 1 saturated heterocycles. The number of thioether (sulfide) groups is 1. The van der Waals surface area contributed by atoms with Crippen molar-refractivity contribution in [2.24, 2.45) is 5.92 Å². The fraction of sp³-hybridized carbons (Fsp3) is 0.765. The van der Waals surface area contributed by atoms with Crippen LogP contribution < -0.4 is 10.6 Å². The van der Waals surface area contributed by atoms with Crippen LogP contribution in [0, 0.1) is 5.92 Å². The van der Waals surface area contributed by atoms with E-state index in [0.717, 1.165) is 18.8 Å². The molecule has 1 fully saturated rings. The molecule has 148 valence electrons. The van der Waals surface area contributed by atoms with Crippen molar-refractivity contribution >= 4 is 23.8 Å². The normalized spacial score (nSPS) is 21.8. The first kappa shape index (κ1) is 20.9. The van der Waals surface area contributed by atoms with Crippen molar-refractivity contribution in [2.45, 2.75) is 31.7 Å². The summed E-state index contributed by atoms with van der Waals surface area (Å²) in [4.78, 5) is 27.5. The second-order valence-electron chi connectivity index (χ2n) is 7.03. The first-order valence-electron chi connectivity index (χ1n) is 9.02. The lowest BCUT2D eigenvalue weighted by atomic mass is 10.2. The number of carboxylic acid groups (broad SMARTS) is 1. The number of morpholine rings is 1. The van der Waals surface area contributed by atoms with Gasteiger partial charge in [0.15, 0.2) is 0 Å². The predicted molar refractivity (Wildman–Crippen MR) is 102 cm³/mol. The van der Waals surface area contributed by atoms with Gasteiger partial charge in [0.25, 0.3) is 0 Å². The minimum atomic E-state index is -1.01. The molecule has 0 saturated carbocycles. The maximum atomic E-state index is 12.4. The van der Waals surface area contributed by atoms with Crippen molar-refractivity contribution in [1.82, 2.24) is 20.4 Å². The van der Waals surface area contributed by atoms with Gasteiger partial charge in [-0.05, 0) is 17.7 Å². The molecule has 2 heterocycles. The first-order valence-corrected chi connectivity index (χ1v) is 9.96. The largest absolute Gasteiger partial charge is 0.480 e. The standard InChI is InChI=1S/C17H30N4O4S/c1-12(2)15-18-13(11-26-15)10-20(3)17(24)19-14(16(22)23)4-5-21-6-8-25-9-7-21/h11-12,14-15,18H,4-10H2,1-3H3,(H,19,24)(H,22,23). The first-order chi connectivity index (χ1) is 12.4. The third kappa shape index (κ3) is 6.37. The maximum absolute atomic E-state index is 12.4. The van der Waals surface area contributed by atoms with Gasteiger partial charge in [-0.3, -0.25) is 4.90 Å². The predicted octanol–water partition coefficient (Wildman–Crippen LogP) is 0.963. The Morgan fingerprint density at radius 1 is 1.46 bits per heavy atom. The zero-order valence-electron chi connectivity index (χ0n) is 15.7. The van der Waals surface area contributed by atoms with E-state index in [-0.39, 0.29) is 6.03 Å². The minimum Gasteiger partial charge on any atom is -0.480 e. The number of carbonyl (C=O) groups is 2. The van der Waals surface area contributed by atoms with Gasteiger partial charge in [0.2, 0.25) is 0 Å². The Morgan fingerprint density at radius 3 is 2.73 bits per heavy atom. The summed E-state index contributed by atoms with van der Waals surface area (Å²) in [6, 6.07) is -1.27. The third-order valence-electron chi connectivity index (χ3n) is 4.48. The quantitative estimate of drug-likeness (QED) is 0.572. The summed E-state index contributed by atoms with van der Waals surface area (Å²) in [5.41, 5.74) is 0.978. The molecule has 2 aliphatic heterocycles. The molecule has 2 atom stereocenters. The monoisotopic (exact) mass is 386 g/mol. The number of hydrogen-bond acceptors (Lipinski definition) is 6. The van der Waals surface area contributed by atoms with Crippen molar-refractivity contribution in [1.29, 1.82) is 0 Å². The number of hydrogen-bond donors (Lipinski definition) is 3. The number of rotatable bonds is 8. The fourth-order valence-electron chi connectivity index (χ4n) is 2.79. The Morgan fingerprint density at radius 2 is 2.15 bits per heavy atom. The molecule has 0 radical (unpaired) electrons. The summed E-state index contributed by atoms with van der Waals surface area (Å²) in [7, 11) is 1.67. The number of aliphatic carboxylic acids is 1. The highest BCUT2D eigenvalue weighted by atomic mass is 32.2. The van der Waals surface area contributed by atoms with Crippen molar-refractivity contribution < 1.29 is 19.4 Å². The molecule has 0 bridgehead atoms. The average Bonchev–Trinajstić information content (AvgIpc) is 3.07. The van der Waals surface area contributed by atoms with Crippen molar-refractivity contribution in [3.8, 4) is 0 Å². The Labute approximate surface area is 159 Å². The van der Waals surface area contributed by atoms with Crippen LogP contribution in [0.2, 0.25) is 0 Å². The van der Waals surface area contributed by atoms with Crippen LogP contribution in [0.4, 0.5) is 4.79 Å². The van der Waals surface area contributed by atoms with E-state index < -0.39 is 12.0 Å². The molecule has 2 aliphatic rings. The molecule has 8 nitrogen and oxygen atoms in total. The number of likely N-dealkylation sites (N-methyl/N-ethyl adjacent to an activating group) is 1. The molecule has 0 spiro atoms. The highest BCUT2D eigenvalue weighted by molar-refractivity contribution is 8.02. The van der Waals surface area contributed by atoms with Crippen LogP contribution in [0.1, 0.15) is 20.3 Å². The van der Waals surface area contributed by atoms with Gasteiger partial charge in [-0.1, -0.05) is 13.8 Å². The Bertz CT molecular complexity index is 523. The average molecular weight is 387 g/mol.